The summed E-state index contributed by atoms with van der Waals surface area (Å²) in [5, 5.41) is 3.98. The van der Waals surface area contributed by atoms with Crippen LogP contribution in [0.1, 0.15) is 29.9 Å². The molecule has 1 unspecified atom stereocenters. The summed E-state index contributed by atoms with van der Waals surface area (Å²) in [6, 6.07) is 10.6. The number of hydrogen-bond acceptors (Lipinski definition) is 4. The summed E-state index contributed by atoms with van der Waals surface area (Å²) in [5.74, 6) is 1.16. The van der Waals surface area contributed by atoms with Crippen LogP contribution in [0.25, 0.3) is 10.9 Å². The van der Waals surface area contributed by atoms with Crippen LogP contribution in [0.15, 0.2) is 42.5 Å². The standard InChI is InChI=1S/C18H17F3N4/c1-10(12-7-13(18(19,20)21)9-14(22)8-12)23-17-15-5-3-4-6-16(15)24-11(2)25-17/h3-10H,22H2,1-2H3,(H,23,24,25). The van der Waals surface area contributed by atoms with Crippen LogP contribution in [0.3, 0.4) is 0 Å². The minimum atomic E-state index is -4.44. The van der Waals surface area contributed by atoms with Crippen molar-refractivity contribution in [2.75, 3.05) is 11.1 Å². The van der Waals surface area contributed by atoms with Crippen molar-refractivity contribution in [3.8, 4) is 0 Å². The Morgan fingerprint density at radius 1 is 1.08 bits per heavy atom. The number of aromatic nitrogens is 2. The van der Waals surface area contributed by atoms with Gasteiger partial charge < -0.3 is 11.1 Å². The number of nitrogen functional groups attached to an aromatic ring is 1. The lowest BCUT2D eigenvalue weighted by atomic mass is 10.0. The average Bonchev–Trinajstić information content (AvgIpc) is 2.53. The number of nitrogens with one attached hydrogen (secondary N) is 1. The quantitative estimate of drug-likeness (QED) is 0.674. The summed E-state index contributed by atoms with van der Waals surface area (Å²) in [7, 11) is 0. The molecule has 4 nitrogen and oxygen atoms in total. The summed E-state index contributed by atoms with van der Waals surface area (Å²) in [4.78, 5) is 8.74. The molecular formula is C18H17F3N4. The van der Waals surface area contributed by atoms with Crippen LogP contribution < -0.4 is 11.1 Å². The van der Waals surface area contributed by atoms with Gasteiger partial charge in [0.1, 0.15) is 11.6 Å². The molecule has 0 aliphatic rings. The topological polar surface area (TPSA) is 63.8 Å². The van der Waals surface area contributed by atoms with Gasteiger partial charge in [0.2, 0.25) is 0 Å². The van der Waals surface area contributed by atoms with Gasteiger partial charge in [-0.05, 0) is 49.7 Å². The van der Waals surface area contributed by atoms with E-state index in [2.05, 4.69) is 15.3 Å². The number of nitrogens with two attached hydrogens (primary N) is 1. The third-order valence-electron chi connectivity index (χ3n) is 3.87. The van der Waals surface area contributed by atoms with Crippen molar-refractivity contribution in [1.82, 2.24) is 9.97 Å². The number of alkyl halides is 3. The molecule has 7 heteroatoms. The minimum Gasteiger partial charge on any atom is -0.399 e. The van der Waals surface area contributed by atoms with E-state index in [0.717, 1.165) is 23.0 Å². The normalized spacial score (nSPS) is 13.0. The molecule has 3 rings (SSSR count). The maximum absolute atomic E-state index is 13.0. The van der Waals surface area contributed by atoms with Crippen molar-refractivity contribution in [3.63, 3.8) is 0 Å². The van der Waals surface area contributed by atoms with E-state index in [1.807, 2.05) is 24.3 Å². The number of para-hydroxylation sites is 1. The van der Waals surface area contributed by atoms with E-state index in [0.29, 0.717) is 17.2 Å². The van der Waals surface area contributed by atoms with Crippen molar-refractivity contribution in [3.05, 3.63) is 59.4 Å². The number of benzene rings is 2. The molecule has 130 valence electrons. The van der Waals surface area contributed by atoms with Gasteiger partial charge in [-0.3, -0.25) is 0 Å². The second kappa shape index (κ2) is 6.23. The maximum atomic E-state index is 13.0. The van der Waals surface area contributed by atoms with Crippen LogP contribution in [-0.2, 0) is 6.18 Å². The Balaban J connectivity index is 1.98. The van der Waals surface area contributed by atoms with Gasteiger partial charge in [-0.15, -0.1) is 0 Å². The zero-order chi connectivity index (χ0) is 18.2. The van der Waals surface area contributed by atoms with Crippen LogP contribution in [0.5, 0.6) is 0 Å². The van der Waals surface area contributed by atoms with Gasteiger partial charge in [-0.25, -0.2) is 9.97 Å². The molecule has 0 amide bonds. The van der Waals surface area contributed by atoms with Gasteiger partial charge in [0.15, 0.2) is 0 Å². The van der Waals surface area contributed by atoms with Crippen molar-refractivity contribution in [2.45, 2.75) is 26.1 Å². The van der Waals surface area contributed by atoms with Crippen molar-refractivity contribution >= 4 is 22.4 Å². The van der Waals surface area contributed by atoms with Crippen molar-refractivity contribution < 1.29 is 13.2 Å². The smallest absolute Gasteiger partial charge is 0.399 e. The van der Waals surface area contributed by atoms with Crippen LogP contribution >= 0.6 is 0 Å². The number of aryl methyl sites for hydroxylation is 1. The summed E-state index contributed by atoms with van der Waals surface area (Å²) in [6.07, 6.45) is -4.44. The van der Waals surface area contributed by atoms with Crippen LogP contribution in [0, 0.1) is 6.92 Å². The number of fused-ring (bicyclic) bond motifs is 1. The third kappa shape index (κ3) is 3.65. The van der Waals surface area contributed by atoms with Crippen molar-refractivity contribution in [2.24, 2.45) is 0 Å². The fourth-order valence-electron chi connectivity index (χ4n) is 2.68. The van der Waals surface area contributed by atoms with E-state index >= 15 is 0 Å². The summed E-state index contributed by atoms with van der Waals surface area (Å²) >= 11 is 0. The highest BCUT2D eigenvalue weighted by molar-refractivity contribution is 5.89. The fraction of sp³-hybridized carbons (Fsp3) is 0.222. The van der Waals surface area contributed by atoms with Crippen LogP contribution in [0.2, 0.25) is 0 Å². The number of hydrogen-bond donors (Lipinski definition) is 2. The zero-order valence-electron chi connectivity index (χ0n) is 13.7. The van der Waals surface area contributed by atoms with Gasteiger partial charge in [-0.1, -0.05) is 12.1 Å². The molecule has 0 radical (unpaired) electrons. The second-order valence-electron chi connectivity index (χ2n) is 5.89. The van der Waals surface area contributed by atoms with Gasteiger partial charge >= 0.3 is 6.18 Å². The molecule has 1 atom stereocenters. The highest BCUT2D eigenvalue weighted by Crippen LogP contribution is 2.33. The molecule has 0 aliphatic heterocycles. The molecule has 0 fully saturated rings. The highest BCUT2D eigenvalue weighted by Gasteiger charge is 2.31. The second-order valence-corrected chi connectivity index (χ2v) is 5.89. The molecule has 2 aromatic carbocycles. The summed E-state index contributed by atoms with van der Waals surface area (Å²) in [6.45, 7) is 3.53. The lowest BCUT2D eigenvalue weighted by molar-refractivity contribution is -0.137. The molecule has 3 N–H and O–H groups in total. The van der Waals surface area contributed by atoms with Crippen LogP contribution in [0.4, 0.5) is 24.7 Å². The van der Waals surface area contributed by atoms with E-state index in [-0.39, 0.29) is 5.69 Å². The molecule has 0 aliphatic carbocycles. The van der Waals surface area contributed by atoms with E-state index in [9.17, 15) is 13.2 Å². The highest BCUT2D eigenvalue weighted by atomic mass is 19.4. The molecule has 1 heterocycles. The lowest BCUT2D eigenvalue weighted by Crippen LogP contribution is -2.12. The van der Waals surface area contributed by atoms with E-state index in [4.69, 9.17) is 5.73 Å². The lowest BCUT2D eigenvalue weighted by Gasteiger charge is -2.19. The molecule has 0 spiro atoms. The first kappa shape index (κ1) is 17.0. The largest absolute Gasteiger partial charge is 0.416 e. The summed E-state index contributed by atoms with van der Waals surface area (Å²) in [5.41, 5.74) is 6.17. The van der Waals surface area contributed by atoms with E-state index in [1.165, 1.54) is 6.07 Å². The summed E-state index contributed by atoms with van der Waals surface area (Å²) < 4.78 is 39.0. The Morgan fingerprint density at radius 2 is 1.80 bits per heavy atom. The van der Waals surface area contributed by atoms with E-state index in [1.54, 1.807) is 13.8 Å². The Bertz CT molecular complexity index is 922. The van der Waals surface area contributed by atoms with Crippen molar-refractivity contribution in [1.29, 1.82) is 0 Å². The third-order valence-corrected chi connectivity index (χ3v) is 3.87. The molecule has 0 saturated carbocycles. The Kier molecular flexibility index (Phi) is 4.24. The maximum Gasteiger partial charge on any atom is 0.416 e. The fourth-order valence-corrected chi connectivity index (χ4v) is 2.68. The van der Waals surface area contributed by atoms with Gasteiger partial charge in [0.05, 0.1) is 17.1 Å². The molecule has 3 aromatic rings. The zero-order valence-corrected chi connectivity index (χ0v) is 13.7. The molecule has 25 heavy (non-hydrogen) atoms. The molecule has 0 saturated heterocycles. The Morgan fingerprint density at radius 3 is 2.52 bits per heavy atom. The molecule has 1 aromatic heterocycles. The molecular weight excluding hydrogens is 329 g/mol. The predicted molar refractivity (Wildman–Crippen MR) is 92.2 cm³/mol. The first-order chi connectivity index (χ1) is 11.7. The minimum absolute atomic E-state index is 0.0715. The van der Waals surface area contributed by atoms with Gasteiger partial charge in [0.25, 0.3) is 0 Å². The van der Waals surface area contributed by atoms with E-state index < -0.39 is 17.8 Å². The number of halogens is 3. The first-order valence-electron chi connectivity index (χ1n) is 7.71. The van der Waals surface area contributed by atoms with Crippen LogP contribution in [-0.4, -0.2) is 9.97 Å². The molecule has 0 bridgehead atoms. The SMILES string of the molecule is Cc1nc(NC(C)c2cc(N)cc(C(F)(F)F)c2)c2ccccc2n1. The van der Waals surface area contributed by atoms with Gasteiger partial charge in [-0.2, -0.15) is 13.2 Å². The monoisotopic (exact) mass is 346 g/mol. The average molecular weight is 346 g/mol. The van der Waals surface area contributed by atoms with Gasteiger partial charge in [0, 0.05) is 11.1 Å². The number of rotatable bonds is 3. The number of nitrogens with zero attached hydrogens (tertiary/aromatic N) is 2. The Labute approximate surface area is 142 Å². The number of anilines is 2. The Hall–Kier alpha value is -2.83. The first-order valence-corrected chi connectivity index (χ1v) is 7.71. The predicted octanol–water partition coefficient (Wildman–Crippen LogP) is 4.71.